The average Bonchev–Trinajstić information content (AvgIpc) is 3.45. The topological polar surface area (TPSA) is 31.7 Å². The van der Waals surface area contributed by atoms with Crippen molar-refractivity contribution in [3.05, 3.63) is 71.9 Å². The van der Waals surface area contributed by atoms with Gasteiger partial charge in [0.15, 0.2) is 0 Å². The molecule has 0 radical (unpaired) electrons. The summed E-state index contributed by atoms with van der Waals surface area (Å²) >= 11 is 0. The van der Waals surface area contributed by atoms with E-state index in [0.717, 1.165) is 63.2 Å². The monoisotopic (exact) mass is 444 g/mol. The molecule has 0 spiro atoms. The highest BCUT2D eigenvalue weighted by Gasteiger charge is 2.29. The number of rotatable bonds is 4. The van der Waals surface area contributed by atoms with E-state index in [9.17, 15) is 4.79 Å². The highest BCUT2D eigenvalue weighted by atomic mass is 16.2. The van der Waals surface area contributed by atoms with Crippen LogP contribution < -0.4 is 0 Å². The molecule has 0 bridgehead atoms. The van der Waals surface area contributed by atoms with E-state index in [2.05, 4.69) is 89.9 Å². The Labute approximate surface area is 197 Å². The largest absolute Gasteiger partial charge is 0.343 e. The molecule has 2 aliphatic heterocycles. The fourth-order valence-electron chi connectivity index (χ4n) is 5.40. The number of benzene rings is 2. The fourth-order valence-corrected chi connectivity index (χ4v) is 5.40. The van der Waals surface area contributed by atoms with Gasteiger partial charge in [0.2, 0.25) is 0 Å². The minimum atomic E-state index is 0.160. The molecule has 5 nitrogen and oxygen atoms in total. The van der Waals surface area contributed by atoms with Crippen LogP contribution in [0.3, 0.4) is 0 Å². The molecule has 33 heavy (non-hydrogen) atoms. The van der Waals surface area contributed by atoms with E-state index in [1.165, 1.54) is 11.1 Å². The van der Waals surface area contributed by atoms with Crippen molar-refractivity contribution < 1.29 is 4.79 Å². The van der Waals surface area contributed by atoms with E-state index >= 15 is 0 Å². The molecule has 2 aromatic carbocycles. The predicted octanol–water partition coefficient (Wildman–Crippen LogP) is 4.64. The van der Waals surface area contributed by atoms with Crippen LogP contribution in [0.2, 0.25) is 0 Å². The molecule has 1 unspecified atom stereocenters. The van der Waals surface area contributed by atoms with Gasteiger partial charge in [-0.15, -0.1) is 0 Å². The Hall–Kier alpha value is -2.63. The summed E-state index contributed by atoms with van der Waals surface area (Å²) in [7, 11) is 0. The van der Waals surface area contributed by atoms with Gasteiger partial charge in [0.05, 0.1) is 0 Å². The second-order valence-corrected chi connectivity index (χ2v) is 10.6. The number of piperazine rings is 1. The highest BCUT2D eigenvalue weighted by molar-refractivity contribution is 5.98. The fraction of sp³-hybridized carbons (Fsp3) is 0.464. The van der Waals surface area contributed by atoms with Crippen LogP contribution in [0, 0.1) is 0 Å². The Balaban J connectivity index is 1.25. The molecule has 2 saturated heterocycles. The third kappa shape index (κ3) is 4.71. The Morgan fingerprint density at radius 3 is 2.42 bits per heavy atom. The number of hydrogen-bond acceptors (Lipinski definition) is 3. The zero-order valence-electron chi connectivity index (χ0n) is 20.2. The lowest BCUT2D eigenvalue weighted by Gasteiger charge is -2.42. The quantitative estimate of drug-likeness (QED) is 0.587. The van der Waals surface area contributed by atoms with E-state index in [4.69, 9.17) is 0 Å². The van der Waals surface area contributed by atoms with Crippen molar-refractivity contribution in [1.82, 2.24) is 19.3 Å². The molecule has 174 valence electrons. The predicted molar refractivity (Wildman–Crippen MR) is 135 cm³/mol. The van der Waals surface area contributed by atoms with E-state index in [1.54, 1.807) is 0 Å². The van der Waals surface area contributed by atoms with Crippen LogP contribution in [-0.2, 0) is 6.54 Å². The van der Waals surface area contributed by atoms with Crippen molar-refractivity contribution in [2.24, 2.45) is 0 Å². The Kier molecular flexibility index (Phi) is 6.02. The van der Waals surface area contributed by atoms with Crippen LogP contribution in [0.15, 0.2) is 60.8 Å². The number of carbonyl (C=O) groups excluding carboxylic acids is 1. The maximum absolute atomic E-state index is 13.2. The molecule has 1 aromatic heterocycles. The minimum Gasteiger partial charge on any atom is -0.343 e. The third-order valence-corrected chi connectivity index (χ3v) is 7.37. The Morgan fingerprint density at radius 1 is 0.939 bits per heavy atom. The molecule has 0 saturated carbocycles. The van der Waals surface area contributed by atoms with Crippen molar-refractivity contribution in [3.8, 4) is 0 Å². The molecule has 5 heteroatoms. The van der Waals surface area contributed by atoms with Crippen LogP contribution in [0.1, 0.15) is 49.2 Å². The zero-order chi connectivity index (χ0) is 23.0. The summed E-state index contributed by atoms with van der Waals surface area (Å²) < 4.78 is 2.41. The second kappa shape index (κ2) is 8.96. The second-order valence-electron chi connectivity index (χ2n) is 10.6. The van der Waals surface area contributed by atoms with Gasteiger partial charge in [0.1, 0.15) is 0 Å². The van der Waals surface area contributed by atoms with Gasteiger partial charge in [-0.25, -0.2) is 0 Å². The van der Waals surface area contributed by atoms with Crippen molar-refractivity contribution in [1.29, 1.82) is 0 Å². The van der Waals surface area contributed by atoms with Gasteiger partial charge in [-0.2, -0.15) is 0 Å². The lowest BCUT2D eigenvalue weighted by atomic mass is 10.0. The molecular formula is C28H36N4O. The number of fused-ring (bicyclic) bond motifs is 1. The molecule has 0 aliphatic carbocycles. The van der Waals surface area contributed by atoms with E-state index in [1.807, 2.05) is 11.0 Å². The van der Waals surface area contributed by atoms with Crippen LogP contribution in [0.5, 0.6) is 0 Å². The lowest BCUT2D eigenvalue weighted by molar-refractivity contribution is 0.0451. The van der Waals surface area contributed by atoms with Gasteiger partial charge in [-0.3, -0.25) is 14.6 Å². The number of aromatic nitrogens is 1. The van der Waals surface area contributed by atoms with Crippen molar-refractivity contribution >= 4 is 16.8 Å². The van der Waals surface area contributed by atoms with Crippen molar-refractivity contribution in [2.75, 3.05) is 39.3 Å². The Bertz CT molecular complexity index is 1110. The molecule has 0 N–H and O–H groups in total. The smallest absolute Gasteiger partial charge is 0.253 e. The third-order valence-electron chi connectivity index (χ3n) is 7.37. The van der Waals surface area contributed by atoms with Gasteiger partial charge in [-0.05, 0) is 57.0 Å². The van der Waals surface area contributed by atoms with Crippen LogP contribution in [0.4, 0.5) is 0 Å². The normalized spacial score (nSPS) is 20.6. The van der Waals surface area contributed by atoms with Crippen molar-refractivity contribution in [3.63, 3.8) is 0 Å². The van der Waals surface area contributed by atoms with Gasteiger partial charge in [0, 0.05) is 80.1 Å². The first-order chi connectivity index (χ1) is 15.9. The van der Waals surface area contributed by atoms with E-state index in [0.29, 0.717) is 6.04 Å². The number of hydrogen-bond donors (Lipinski definition) is 0. The first-order valence-electron chi connectivity index (χ1n) is 12.3. The maximum Gasteiger partial charge on any atom is 0.253 e. The summed E-state index contributed by atoms with van der Waals surface area (Å²) in [4.78, 5) is 20.2. The van der Waals surface area contributed by atoms with Gasteiger partial charge >= 0.3 is 0 Å². The molecule has 3 heterocycles. The molecule has 5 rings (SSSR count). The van der Waals surface area contributed by atoms with Crippen LogP contribution in [0.25, 0.3) is 10.9 Å². The van der Waals surface area contributed by atoms with Gasteiger partial charge in [-0.1, -0.05) is 30.3 Å². The number of amides is 1. The summed E-state index contributed by atoms with van der Waals surface area (Å²) in [5.41, 5.74) is 3.58. The van der Waals surface area contributed by atoms with Crippen LogP contribution in [-0.4, -0.2) is 70.0 Å². The molecule has 2 aliphatic rings. The van der Waals surface area contributed by atoms with E-state index in [-0.39, 0.29) is 11.4 Å². The average molecular weight is 445 g/mol. The zero-order valence-corrected chi connectivity index (χ0v) is 20.2. The first kappa shape index (κ1) is 22.2. The maximum atomic E-state index is 13.2. The minimum absolute atomic E-state index is 0.160. The number of nitrogens with zero attached hydrogens (tertiary/aromatic N) is 4. The number of carbonyl (C=O) groups is 1. The van der Waals surface area contributed by atoms with Gasteiger partial charge in [0.25, 0.3) is 5.91 Å². The summed E-state index contributed by atoms with van der Waals surface area (Å²) in [6.07, 6.45) is 3.37. The summed E-state index contributed by atoms with van der Waals surface area (Å²) in [5, 5.41) is 1.16. The molecular weight excluding hydrogens is 408 g/mol. The standard InChI is InChI=1S/C28H36N4O/c1-28(2,3)31-17-15-30(16-18-31)27(33)24-9-10-26-23(19-24)11-14-32(26)25-12-13-29(21-25)20-22-7-5-4-6-8-22/h4-11,14,19,25H,12-13,15-18,20-21H2,1-3H3. The molecule has 1 amide bonds. The summed E-state index contributed by atoms with van der Waals surface area (Å²) in [6, 6.07) is 19.6. The molecule has 2 fully saturated rings. The van der Waals surface area contributed by atoms with Gasteiger partial charge < -0.3 is 9.47 Å². The van der Waals surface area contributed by atoms with Crippen molar-refractivity contribution in [2.45, 2.75) is 45.3 Å². The molecule has 3 aromatic rings. The summed E-state index contributed by atoms with van der Waals surface area (Å²) in [5.74, 6) is 0.160. The highest BCUT2D eigenvalue weighted by Crippen LogP contribution is 2.29. The molecule has 1 atom stereocenters. The SMILES string of the molecule is CC(C)(C)N1CCN(C(=O)c2ccc3c(ccn3C3CCN(Cc4ccccc4)C3)c2)CC1. The first-order valence-corrected chi connectivity index (χ1v) is 12.3. The van der Waals surface area contributed by atoms with Crippen LogP contribution >= 0.6 is 0 Å². The van der Waals surface area contributed by atoms with E-state index < -0.39 is 0 Å². The number of likely N-dealkylation sites (tertiary alicyclic amines) is 1. The lowest BCUT2D eigenvalue weighted by Crippen LogP contribution is -2.54. The summed E-state index contributed by atoms with van der Waals surface area (Å²) in [6.45, 7) is 13.4. The Morgan fingerprint density at radius 2 is 1.70 bits per heavy atom.